The predicted octanol–water partition coefficient (Wildman–Crippen LogP) is 1.49. The van der Waals surface area contributed by atoms with Crippen LogP contribution in [-0.2, 0) is 0 Å². The molecule has 0 saturated carbocycles. The molecule has 0 saturated heterocycles. The summed E-state index contributed by atoms with van der Waals surface area (Å²) in [4.78, 5) is 21.9. The van der Waals surface area contributed by atoms with Gasteiger partial charge in [0.1, 0.15) is 0 Å². The van der Waals surface area contributed by atoms with Crippen molar-refractivity contribution < 1.29 is 9.59 Å². The molecule has 0 aliphatic heterocycles. The Morgan fingerprint density at radius 1 is 0.684 bits per heavy atom. The third-order valence-electron chi connectivity index (χ3n) is 2.72. The fourth-order valence-electron chi connectivity index (χ4n) is 1.68. The minimum absolute atomic E-state index is 0.447. The molecule has 0 aliphatic carbocycles. The Hall–Kier alpha value is -2.62. The van der Waals surface area contributed by atoms with Gasteiger partial charge in [-0.3, -0.25) is 9.59 Å². The summed E-state index contributed by atoms with van der Waals surface area (Å²) in [5.41, 5.74) is 13.2. The Morgan fingerprint density at radius 2 is 1.00 bits per heavy atom. The summed E-state index contributed by atoms with van der Waals surface area (Å²) in [5.74, 6) is -0.894. The van der Waals surface area contributed by atoms with Crippen molar-refractivity contribution in [2.45, 2.75) is 0 Å². The highest BCUT2D eigenvalue weighted by Gasteiger charge is 2.03. The van der Waals surface area contributed by atoms with Crippen LogP contribution >= 0.6 is 0 Å². The van der Waals surface area contributed by atoms with Gasteiger partial charge in [-0.1, -0.05) is 24.3 Å². The Labute approximate surface area is 111 Å². The molecule has 2 amide bonds. The maximum absolute atomic E-state index is 10.9. The molecule has 0 atom stereocenters. The maximum Gasteiger partial charge on any atom is 0.248 e. The zero-order chi connectivity index (χ0) is 13.8. The number of hydrogen-bond donors (Lipinski definition) is 2. The first-order chi connectivity index (χ1) is 9.06. The Kier molecular flexibility index (Phi) is 3.61. The fourth-order valence-corrected chi connectivity index (χ4v) is 1.68. The highest BCUT2D eigenvalue weighted by Crippen LogP contribution is 2.13. The molecule has 1 radical (unpaired) electrons. The smallest absolute Gasteiger partial charge is 0.248 e. The Balaban J connectivity index is 2.12. The molecule has 0 unspecified atom stereocenters. The van der Waals surface area contributed by atoms with Crippen LogP contribution in [0.25, 0.3) is 0 Å². The van der Waals surface area contributed by atoms with E-state index in [9.17, 15) is 9.59 Å². The van der Waals surface area contributed by atoms with Crippen molar-refractivity contribution in [3.63, 3.8) is 0 Å². The van der Waals surface area contributed by atoms with E-state index in [1.807, 2.05) is 30.7 Å². The second-order valence-corrected chi connectivity index (χ2v) is 4.12. The van der Waals surface area contributed by atoms with E-state index in [-0.39, 0.29) is 0 Å². The molecule has 0 heterocycles. The summed E-state index contributed by atoms with van der Waals surface area (Å²) < 4.78 is 0. The number of carbonyl (C=O) groups is 2. The molecule has 0 aliphatic rings. The molecule has 0 spiro atoms. The Morgan fingerprint density at radius 3 is 1.26 bits per heavy atom. The summed E-state index contributed by atoms with van der Waals surface area (Å²) in [6.45, 7) is 0. The van der Waals surface area contributed by atoms with Crippen LogP contribution in [-0.4, -0.2) is 11.8 Å². The zero-order valence-corrected chi connectivity index (χ0v) is 10.2. The number of benzene rings is 2. The van der Waals surface area contributed by atoms with Crippen LogP contribution in [0.2, 0.25) is 0 Å². The lowest BCUT2D eigenvalue weighted by Gasteiger charge is -2.03. The normalized spacial score (nSPS) is 10.1. The van der Waals surface area contributed by atoms with Crippen LogP contribution in [0.1, 0.15) is 31.8 Å². The van der Waals surface area contributed by atoms with Crippen LogP contribution in [0.5, 0.6) is 0 Å². The second-order valence-electron chi connectivity index (χ2n) is 4.12. The number of amides is 2. The van der Waals surface area contributed by atoms with E-state index in [2.05, 4.69) is 0 Å². The SMILES string of the molecule is NC(=O)c1ccc([CH]c2ccc(C(N)=O)cc2)cc1. The fraction of sp³-hybridized carbons (Fsp3) is 0. The highest BCUT2D eigenvalue weighted by molar-refractivity contribution is 5.93. The molecule has 0 fully saturated rings. The summed E-state index contributed by atoms with van der Waals surface area (Å²) in [6, 6.07) is 13.9. The quantitative estimate of drug-likeness (QED) is 0.864. The monoisotopic (exact) mass is 253 g/mol. The van der Waals surface area contributed by atoms with E-state index < -0.39 is 11.8 Å². The molecule has 2 aromatic carbocycles. The molecule has 4 N–H and O–H groups in total. The molecule has 95 valence electrons. The lowest BCUT2D eigenvalue weighted by atomic mass is 10.0. The van der Waals surface area contributed by atoms with Gasteiger partial charge in [-0.15, -0.1) is 0 Å². The molecule has 0 aromatic heterocycles. The molecular weight excluding hydrogens is 240 g/mol. The van der Waals surface area contributed by atoms with Crippen LogP contribution in [0.3, 0.4) is 0 Å². The van der Waals surface area contributed by atoms with Gasteiger partial charge in [-0.05, 0) is 35.4 Å². The van der Waals surface area contributed by atoms with E-state index >= 15 is 0 Å². The van der Waals surface area contributed by atoms with Gasteiger partial charge >= 0.3 is 0 Å². The number of primary amides is 2. The number of carbonyl (C=O) groups excluding carboxylic acids is 2. The first-order valence-electron chi connectivity index (χ1n) is 5.71. The molecule has 2 rings (SSSR count). The van der Waals surface area contributed by atoms with Crippen molar-refractivity contribution in [3.05, 3.63) is 77.2 Å². The largest absolute Gasteiger partial charge is 0.366 e. The summed E-state index contributed by atoms with van der Waals surface area (Å²) in [7, 11) is 0. The van der Waals surface area contributed by atoms with Gasteiger partial charge in [0.25, 0.3) is 0 Å². The van der Waals surface area contributed by atoms with E-state index in [0.29, 0.717) is 11.1 Å². The summed E-state index contributed by atoms with van der Waals surface area (Å²) >= 11 is 0. The zero-order valence-electron chi connectivity index (χ0n) is 10.2. The summed E-state index contributed by atoms with van der Waals surface area (Å²) in [6.07, 6.45) is 1.93. The topological polar surface area (TPSA) is 86.2 Å². The average molecular weight is 253 g/mol. The van der Waals surface area contributed by atoms with Crippen molar-refractivity contribution in [2.24, 2.45) is 11.5 Å². The minimum atomic E-state index is -0.447. The number of rotatable bonds is 4. The minimum Gasteiger partial charge on any atom is -0.366 e. The van der Waals surface area contributed by atoms with Crippen molar-refractivity contribution in [1.29, 1.82) is 0 Å². The van der Waals surface area contributed by atoms with Gasteiger partial charge in [0.15, 0.2) is 0 Å². The van der Waals surface area contributed by atoms with E-state index in [4.69, 9.17) is 11.5 Å². The second kappa shape index (κ2) is 5.35. The van der Waals surface area contributed by atoms with Gasteiger partial charge in [0.05, 0.1) is 0 Å². The van der Waals surface area contributed by atoms with Crippen LogP contribution in [0.4, 0.5) is 0 Å². The predicted molar refractivity (Wildman–Crippen MR) is 72.4 cm³/mol. The van der Waals surface area contributed by atoms with Crippen molar-refractivity contribution in [3.8, 4) is 0 Å². The van der Waals surface area contributed by atoms with Crippen LogP contribution in [0, 0.1) is 6.42 Å². The number of hydrogen-bond acceptors (Lipinski definition) is 2. The highest BCUT2D eigenvalue weighted by atomic mass is 16.1. The van der Waals surface area contributed by atoms with Crippen molar-refractivity contribution in [1.82, 2.24) is 0 Å². The van der Waals surface area contributed by atoms with E-state index in [1.165, 1.54) is 0 Å². The maximum atomic E-state index is 10.9. The number of nitrogens with two attached hydrogens (primary N) is 2. The molecular formula is C15H13N2O2. The molecule has 2 aromatic rings. The van der Waals surface area contributed by atoms with Crippen LogP contribution < -0.4 is 11.5 Å². The third-order valence-corrected chi connectivity index (χ3v) is 2.72. The first-order valence-corrected chi connectivity index (χ1v) is 5.71. The molecule has 4 nitrogen and oxygen atoms in total. The van der Waals surface area contributed by atoms with Gasteiger partial charge in [-0.2, -0.15) is 0 Å². The molecule has 4 heteroatoms. The molecule has 19 heavy (non-hydrogen) atoms. The van der Waals surface area contributed by atoms with E-state index in [1.54, 1.807) is 24.3 Å². The van der Waals surface area contributed by atoms with Gasteiger partial charge in [-0.25, -0.2) is 0 Å². The van der Waals surface area contributed by atoms with Crippen LogP contribution in [0.15, 0.2) is 48.5 Å². The molecule has 0 bridgehead atoms. The lowest BCUT2D eigenvalue weighted by molar-refractivity contribution is 0.0992. The van der Waals surface area contributed by atoms with E-state index in [0.717, 1.165) is 11.1 Å². The Bertz CT molecular complexity index is 546. The lowest BCUT2D eigenvalue weighted by Crippen LogP contribution is -2.10. The average Bonchev–Trinajstić information content (AvgIpc) is 2.40. The van der Waals surface area contributed by atoms with Crippen molar-refractivity contribution >= 4 is 11.8 Å². The standard InChI is InChI=1S/C15H13N2O2/c16-14(18)12-5-1-10(2-6-12)9-11-3-7-13(8-4-11)15(17)19/h1-9H,(H2,16,18)(H2,17,19). The van der Waals surface area contributed by atoms with Gasteiger partial charge < -0.3 is 11.5 Å². The first kappa shape index (κ1) is 12.8. The van der Waals surface area contributed by atoms with Gasteiger partial charge in [0.2, 0.25) is 11.8 Å². The van der Waals surface area contributed by atoms with Crippen molar-refractivity contribution in [2.75, 3.05) is 0 Å². The van der Waals surface area contributed by atoms with Gasteiger partial charge in [0, 0.05) is 17.5 Å². The summed E-state index contributed by atoms with van der Waals surface area (Å²) in [5, 5.41) is 0. The third kappa shape index (κ3) is 3.19.